The van der Waals surface area contributed by atoms with Gasteiger partial charge in [0.05, 0.1) is 5.69 Å². The Bertz CT molecular complexity index is 558. The van der Waals surface area contributed by atoms with Crippen molar-refractivity contribution in [2.24, 2.45) is 5.73 Å². The summed E-state index contributed by atoms with van der Waals surface area (Å²) in [7, 11) is 0. The van der Waals surface area contributed by atoms with E-state index in [1.807, 2.05) is 43.3 Å². The zero-order valence-electron chi connectivity index (χ0n) is 10.9. The maximum atomic E-state index is 5.98. The van der Waals surface area contributed by atoms with Crippen LogP contribution in [0.25, 0.3) is 0 Å². The van der Waals surface area contributed by atoms with Crippen molar-refractivity contribution in [3.8, 4) is 5.75 Å². The van der Waals surface area contributed by atoms with Gasteiger partial charge >= 0.3 is 0 Å². The first-order valence-corrected chi connectivity index (χ1v) is 6.60. The van der Waals surface area contributed by atoms with E-state index in [9.17, 15) is 0 Å². The smallest absolute Gasteiger partial charge is 0.130 e. The van der Waals surface area contributed by atoms with Gasteiger partial charge in [-0.2, -0.15) is 0 Å². The molecule has 0 unspecified atom stereocenters. The van der Waals surface area contributed by atoms with Gasteiger partial charge in [0.15, 0.2) is 0 Å². The summed E-state index contributed by atoms with van der Waals surface area (Å²) in [4.78, 5) is 4.41. The lowest BCUT2D eigenvalue weighted by Crippen LogP contribution is -2.06. The molecule has 2 aromatic rings. The molecular weight excluding hydrogens is 260 g/mol. The molecule has 1 heterocycles. The number of rotatable bonds is 5. The lowest BCUT2D eigenvalue weighted by molar-refractivity contribution is 0.298. The molecule has 0 saturated carbocycles. The minimum Gasteiger partial charge on any atom is -0.487 e. The Balaban J connectivity index is 2.10. The molecule has 0 saturated heterocycles. The molecule has 2 rings (SSSR count). The Hall–Kier alpha value is -1.58. The Morgan fingerprint density at radius 2 is 2.11 bits per heavy atom. The summed E-state index contributed by atoms with van der Waals surface area (Å²) in [5.74, 6) is 0.818. The molecule has 0 aliphatic rings. The summed E-state index contributed by atoms with van der Waals surface area (Å²) < 4.78 is 5.81. The van der Waals surface area contributed by atoms with Crippen LogP contribution in [0.2, 0.25) is 5.02 Å². The third-order valence-corrected chi connectivity index (χ3v) is 2.99. The normalized spacial score (nSPS) is 10.5. The highest BCUT2D eigenvalue weighted by Crippen LogP contribution is 2.24. The number of hydrogen-bond donors (Lipinski definition) is 1. The van der Waals surface area contributed by atoms with Gasteiger partial charge in [0.25, 0.3) is 0 Å². The average molecular weight is 277 g/mol. The summed E-state index contributed by atoms with van der Waals surface area (Å²) in [6, 6.07) is 11.5. The molecule has 0 radical (unpaired) electrons. The number of aromatic nitrogens is 1. The number of nitrogens with two attached hydrogens (primary N) is 1. The fraction of sp³-hybridized carbons (Fsp3) is 0.267. The molecule has 0 amide bonds. The van der Waals surface area contributed by atoms with Gasteiger partial charge in [0.2, 0.25) is 0 Å². The van der Waals surface area contributed by atoms with Crippen molar-refractivity contribution in [3.05, 3.63) is 58.4 Å². The number of benzene rings is 1. The fourth-order valence-corrected chi connectivity index (χ4v) is 2.07. The SMILES string of the molecule is Cc1cccc(COc2ccc(Cl)cc2CCN)n1. The summed E-state index contributed by atoms with van der Waals surface area (Å²) in [5.41, 5.74) is 8.52. The molecule has 1 aromatic carbocycles. The molecule has 0 atom stereocenters. The van der Waals surface area contributed by atoms with Gasteiger partial charge in [0, 0.05) is 10.7 Å². The van der Waals surface area contributed by atoms with Gasteiger partial charge in [-0.1, -0.05) is 17.7 Å². The van der Waals surface area contributed by atoms with Crippen molar-refractivity contribution in [1.82, 2.24) is 4.98 Å². The van der Waals surface area contributed by atoms with Crippen LogP contribution < -0.4 is 10.5 Å². The van der Waals surface area contributed by atoms with Crippen molar-refractivity contribution in [2.75, 3.05) is 6.54 Å². The Kier molecular flexibility index (Phi) is 4.77. The van der Waals surface area contributed by atoms with Gasteiger partial charge < -0.3 is 10.5 Å². The minimum atomic E-state index is 0.445. The molecule has 0 spiro atoms. The molecule has 0 bridgehead atoms. The van der Waals surface area contributed by atoms with Crippen molar-refractivity contribution in [1.29, 1.82) is 0 Å². The number of hydrogen-bond acceptors (Lipinski definition) is 3. The molecule has 3 nitrogen and oxygen atoms in total. The third-order valence-electron chi connectivity index (χ3n) is 2.76. The molecule has 19 heavy (non-hydrogen) atoms. The van der Waals surface area contributed by atoms with Crippen LogP contribution in [0.1, 0.15) is 17.0 Å². The van der Waals surface area contributed by atoms with Crippen LogP contribution in [0.4, 0.5) is 0 Å². The molecular formula is C15H17ClN2O. The van der Waals surface area contributed by atoms with Gasteiger partial charge in [-0.05, 0) is 55.8 Å². The molecule has 4 heteroatoms. The second-order valence-corrected chi connectivity index (χ2v) is 4.79. The monoisotopic (exact) mass is 276 g/mol. The van der Waals surface area contributed by atoms with Crippen LogP contribution in [0, 0.1) is 6.92 Å². The number of ether oxygens (including phenoxy) is 1. The van der Waals surface area contributed by atoms with E-state index in [1.54, 1.807) is 0 Å². The number of aryl methyl sites for hydroxylation is 1. The highest BCUT2D eigenvalue weighted by atomic mass is 35.5. The van der Waals surface area contributed by atoms with Gasteiger partial charge in [-0.15, -0.1) is 0 Å². The number of halogens is 1. The van der Waals surface area contributed by atoms with Crippen LogP contribution in [-0.2, 0) is 13.0 Å². The standard InChI is InChI=1S/C15H17ClN2O/c1-11-3-2-4-14(18-11)10-19-15-6-5-13(16)9-12(15)7-8-17/h2-6,9H,7-8,10,17H2,1H3. The highest BCUT2D eigenvalue weighted by molar-refractivity contribution is 6.30. The molecule has 0 fully saturated rings. The van der Waals surface area contributed by atoms with Crippen molar-refractivity contribution in [2.45, 2.75) is 20.0 Å². The first kappa shape index (κ1) is 13.8. The zero-order valence-corrected chi connectivity index (χ0v) is 11.7. The summed E-state index contributed by atoms with van der Waals surface area (Å²) >= 11 is 5.98. The second-order valence-electron chi connectivity index (χ2n) is 4.35. The van der Waals surface area contributed by atoms with Crippen molar-refractivity contribution < 1.29 is 4.74 Å². The van der Waals surface area contributed by atoms with E-state index in [2.05, 4.69) is 4.98 Å². The first-order valence-electron chi connectivity index (χ1n) is 6.23. The maximum Gasteiger partial charge on any atom is 0.130 e. The van der Waals surface area contributed by atoms with Gasteiger partial charge in [0.1, 0.15) is 12.4 Å². The number of pyridine rings is 1. The second kappa shape index (κ2) is 6.55. The minimum absolute atomic E-state index is 0.445. The Morgan fingerprint density at radius 3 is 2.84 bits per heavy atom. The molecule has 1 aromatic heterocycles. The largest absolute Gasteiger partial charge is 0.487 e. The highest BCUT2D eigenvalue weighted by Gasteiger charge is 2.05. The Labute approximate surface area is 118 Å². The topological polar surface area (TPSA) is 48.1 Å². The molecule has 0 aliphatic carbocycles. The zero-order chi connectivity index (χ0) is 13.7. The fourth-order valence-electron chi connectivity index (χ4n) is 1.87. The Morgan fingerprint density at radius 1 is 1.26 bits per heavy atom. The van der Waals surface area contributed by atoms with E-state index in [1.165, 1.54) is 0 Å². The van der Waals surface area contributed by atoms with Crippen LogP contribution in [0.3, 0.4) is 0 Å². The van der Waals surface area contributed by atoms with Crippen LogP contribution in [0.5, 0.6) is 5.75 Å². The van der Waals surface area contributed by atoms with E-state index in [4.69, 9.17) is 22.1 Å². The van der Waals surface area contributed by atoms with E-state index in [0.29, 0.717) is 18.2 Å². The van der Waals surface area contributed by atoms with E-state index >= 15 is 0 Å². The lowest BCUT2D eigenvalue weighted by atomic mass is 10.1. The van der Waals surface area contributed by atoms with Gasteiger partial charge in [-0.25, -0.2) is 0 Å². The van der Waals surface area contributed by atoms with E-state index in [0.717, 1.165) is 29.1 Å². The van der Waals surface area contributed by atoms with Crippen molar-refractivity contribution in [3.63, 3.8) is 0 Å². The van der Waals surface area contributed by atoms with E-state index < -0.39 is 0 Å². The quantitative estimate of drug-likeness (QED) is 0.913. The summed E-state index contributed by atoms with van der Waals surface area (Å²) in [5, 5.41) is 0.699. The van der Waals surface area contributed by atoms with Crippen LogP contribution in [0.15, 0.2) is 36.4 Å². The maximum absolute atomic E-state index is 5.98. The van der Waals surface area contributed by atoms with E-state index in [-0.39, 0.29) is 0 Å². The molecule has 100 valence electrons. The molecule has 2 N–H and O–H groups in total. The summed E-state index contributed by atoms with van der Waals surface area (Å²) in [6.07, 6.45) is 0.747. The van der Waals surface area contributed by atoms with Crippen LogP contribution in [-0.4, -0.2) is 11.5 Å². The summed E-state index contributed by atoms with van der Waals surface area (Å²) in [6.45, 7) is 2.98. The third kappa shape index (κ3) is 3.94. The molecule has 0 aliphatic heterocycles. The number of nitrogens with zero attached hydrogens (tertiary/aromatic N) is 1. The van der Waals surface area contributed by atoms with Gasteiger partial charge in [-0.3, -0.25) is 4.98 Å². The lowest BCUT2D eigenvalue weighted by Gasteiger charge is -2.11. The van der Waals surface area contributed by atoms with Crippen LogP contribution >= 0.6 is 11.6 Å². The predicted molar refractivity (Wildman–Crippen MR) is 77.5 cm³/mol. The average Bonchev–Trinajstić information content (AvgIpc) is 2.38. The van der Waals surface area contributed by atoms with Crippen molar-refractivity contribution >= 4 is 11.6 Å². The first-order chi connectivity index (χ1) is 9.19. The predicted octanol–water partition coefficient (Wildman–Crippen LogP) is 3.12.